The van der Waals surface area contributed by atoms with Crippen molar-refractivity contribution in [1.29, 1.82) is 5.26 Å². The Morgan fingerprint density at radius 1 is 1.53 bits per heavy atom. The highest BCUT2D eigenvalue weighted by atomic mass is 79.9. The topological polar surface area (TPSA) is 108 Å². The van der Waals surface area contributed by atoms with Crippen LogP contribution < -0.4 is 9.44 Å². The summed E-state index contributed by atoms with van der Waals surface area (Å²) in [6, 6.07) is 6.27. The van der Waals surface area contributed by atoms with Gasteiger partial charge in [0.1, 0.15) is 6.07 Å². The number of nitriles is 1. The molecule has 9 heteroatoms. The normalized spacial score (nSPS) is 10.4. The molecule has 0 aromatic heterocycles. The Balaban J connectivity index is 2.93. The average molecular weight is 348 g/mol. The quantitative estimate of drug-likeness (QED) is 0.861. The number of amides is 1. The predicted molar refractivity (Wildman–Crippen MR) is 71.6 cm³/mol. The van der Waals surface area contributed by atoms with Crippen LogP contribution in [-0.4, -0.2) is 21.1 Å². The van der Waals surface area contributed by atoms with Gasteiger partial charge in [0.15, 0.2) is 0 Å². The Labute approximate surface area is 118 Å². The van der Waals surface area contributed by atoms with Gasteiger partial charge in [-0.15, -0.1) is 0 Å². The third-order valence-corrected chi connectivity index (χ3v) is 3.26. The third kappa shape index (κ3) is 4.76. The van der Waals surface area contributed by atoms with E-state index < -0.39 is 16.3 Å². The van der Waals surface area contributed by atoms with Gasteiger partial charge in [0, 0.05) is 4.47 Å². The first-order valence-electron chi connectivity index (χ1n) is 5.05. The van der Waals surface area contributed by atoms with Crippen LogP contribution in [0.5, 0.6) is 0 Å². The van der Waals surface area contributed by atoms with Gasteiger partial charge in [0.05, 0.1) is 17.9 Å². The first-order chi connectivity index (χ1) is 8.88. The molecule has 0 saturated carbocycles. The highest BCUT2D eigenvalue weighted by Crippen LogP contribution is 2.21. The van der Waals surface area contributed by atoms with Crippen LogP contribution in [0.2, 0.25) is 0 Å². The van der Waals surface area contributed by atoms with E-state index in [1.807, 2.05) is 6.07 Å². The summed E-state index contributed by atoms with van der Waals surface area (Å²) in [5.41, 5.74) is 0.172. The fraction of sp³-hybridized carbons (Fsp3) is 0.200. The van der Waals surface area contributed by atoms with E-state index in [0.717, 1.165) is 0 Å². The van der Waals surface area contributed by atoms with Crippen LogP contribution in [0, 0.1) is 11.3 Å². The van der Waals surface area contributed by atoms with Crippen molar-refractivity contribution in [3.8, 4) is 6.07 Å². The number of hydrogen-bond donors (Lipinski definition) is 2. The van der Waals surface area contributed by atoms with Crippen molar-refractivity contribution in [2.75, 3.05) is 11.3 Å². The standard InChI is InChI=1S/C10H10BrN3O4S/c1-2-18-10(15)14-19(16,17)13-9-5-8(11)4-3-7(9)6-12/h3-5,13H,2H2,1H3,(H,14,15). The second kappa shape index (κ2) is 6.40. The van der Waals surface area contributed by atoms with Gasteiger partial charge in [-0.1, -0.05) is 15.9 Å². The molecule has 0 fully saturated rings. The molecular weight excluding hydrogens is 338 g/mol. The monoisotopic (exact) mass is 347 g/mol. The van der Waals surface area contributed by atoms with Crippen molar-refractivity contribution in [1.82, 2.24) is 4.72 Å². The van der Waals surface area contributed by atoms with Gasteiger partial charge in [-0.3, -0.25) is 4.72 Å². The molecule has 19 heavy (non-hydrogen) atoms. The summed E-state index contributed by atoms with van der Waals surface area (Å²) in [5, 5.41) is 8.86. The van der Waals surface area contributed by atoms with E-state index in [0.29, 0.717) is 4.47 Å². The van der Waals surface area contributed by atoms with Gasteiger partial charge >= 0.3 is 16.3 Å². The number of ether oxygens (including phenoxy) is 1. The molecule has 7 nitrogen and oxygen atoms in total. The third-order valence-electron chi connectivity index (χ3n) is 1.84. The molecule has 0 unspecified atom stereocenters. The summed E-state index contributed by atoms with van der Waals surface area (Å²) in [6.07, 6.45) is -1.09. The Morgan fingerprint density at radius 2 is 2.21 bits per heavy atom. The van der Waals surface area contributed by atoms with E-state index in [1.54, 1.807) is 17.7 Å². The summed E-state index contributed by atoms with van der Waals surface area (Å²) in [6.45, 7) is 1.59. The Hall–Kier alpha value is -1.79. The molecule has 0 aliphatic rings. The molecule has 1 rings (SSSR count). The molecule has 0 atom stereocenters. The first-order valence-corrected chi connectivity index (χ1v) is 7.32. The van der Waals surface area contributed by atoms with Crippen molar-refractivity contribution in [2.24, 2.45) is 0 Å². The van der Waals surface area contributed by atoms with Crippen molar-refractivity contribution in [3.63, 3.8) is 0 Å². The zero-order valence-electron chi connectivity index (χ0n) is 9.81. The number of anilines is 1. The van der Waals surface area contributed by atoms with E-state index in [9.17, 15) is 13.2 Å². The smallest absolute Gasteiger partial charge is 0.422 e. The van der Waals surface area contributed by atoms with Gasteiger partial charge in [-0.2, -0.15) is 13.7 Å². The zero-order chi connectivity index (χ0) is 14.5. The summed E-state index contributed by atoms with van der Waals surface area (Å²) in [7, 11) is -4.15. The highest BCUT2D eigenvalue weighted by Gasteiger charge is 2.16. The summed E-state index contributed by atoms with van der Waals surface area (Å²) >= 11 is 3.15. The van der Waals surface area contributed by atoms with E-state index in [-0.39, 0.29) is 17.9 Å². The van der Waals surface area contributed by atoms with Crippen LogP contribution in [0.4, 0.5) is 10.5 Å². The fourth-order valence-electron chi connectivity index (χ4n) is 1.14. The summed E-state index contributed by atoms with van der Waals surface area (Å²) < 4.78 is 32.0. The molecule has 0 spiro atoms. The number of carbonyl (C=O) groups is 1. The maximum absolute atomic E-state index is 11.6. The molecule has 0 radical (unpaired) electrons. The minimum atomic E-state index is -4.15. The van der Waals surface area contributed by atoms with Crippen molar-refractivity contribution >= 4 is 37.9 Å². The van der Waals surface area contributed by atoms with Crippen LogP contribution in [0.25, 0.3) is 0 Å². The molecule has 0 saturated heterocycles. The van der Waals surface area contributed by atoms with Crippen LogP contribution in [0.1, 0.15) is 12.5 Å². The fourth-order valence-corrected chi connectivity index (χ4v) is 2.29. The van der Waals surface area contributed by atoms with Gasteiger partial charge < -0.3 is 4.74 Å². The molecule has 1 aromatic rings. The highest BCUT2D eigenvalue weighted by molar-refractivity contribution is 9.10. The van der Waals surface area contributed by atoms with Crippen molar-refractivity contribution in [2.45, 2.75) is 6.92 Å². The summed E-state index contributed by atoms with van der Waals surface area (Å²) in [5.74, 6) is 0. The van der Waals surface area contributed by atoms with E-state index in [2.05, 4.69) is 25.4 Å². The van der Waals surface area contributed by atoms with Gasteiger partial charge in [-0.05, 0) is 25.1 Å². The predicted octanol–water partition coefficient (Wildman–Crippen LogP) is 1.72. The molecule has 102 valence electrons. The molecule has 0 heterocycles. The molecule has 0 bridgehead atoms. The minimum Gasteiger partial charge on any atom is -0.449 e. The van der Waals surface area contributed by atoms with Crippen molar-refractivity contribution in [3.05, 3.63) is 28.2 Å². The molecule has 1 aromatic carbocycles. The second-order valence-corrected chi connectivity index (χ2v) is 5.56. The summed E-state index contributed by atoms with van der Waals surface area (Å²) in [4.78, 5) is 11.0. The number of rotatable bonds is 4. The number of carbonyl (C=O) groups excluding carboxylic acids is 1. The molecule has 1 amide bonds. The largest absolute Gasteiger partial charge is 0.449 e. The Morgan fingerprint density at radius 3 is 2.79 bits per heavy atom. The molecular formula is C10H10BrN3O4S. The zero-order valence-corrected chi connectivity index (χ0v) is 12.2. The van der Waals surface area contributed by atoms with E-state index >= 15 is 0 Å². The Bertz CT molecular complexity index is 624. The number of benzene rings is 1. The number of halogens is 1. The van der Waals surface area contributed by atoms with Crippen LogP contribution in [0.3, 0.4) is 0 Å². The average Bonchev–Trinajstić information content (AvgIpc) is 2.28. The Kier molecular flexibility index (Phi) is 5.14. The lowest BCUT2D eigenvalue weighted by Crippen LogP contribution is -2.35. The molecule has 0 aliphatic heterocycles. The van der Waals surface area contributed by atoms with Gasteiger partial charge in [0.25, 0.3) is 0 Å². The van der Waals surface area contributed by atoms with Gasteiger partial charge in [0.2, 0.25) is 0 Å². The van der Waals surface area contributed by atoms with Crippen LogP contribution in [0.15, 0.2) is 22.7 Å². The van der Waals surface area contributed by atoms with Crippen molar-refractivity contribution < 1.29 is 17.9 Å². The lowest BCUT2D eigenvalue weighted by Gasteiger charge is -2.10. The minimum absolute atomic E-state index is 0.0433. The lowest BCUT2D eigenvalue weighted by molar-refractivity contribution is 0.159. The maximum atomic E-state index is 11.6. The second-order valence-electron chi connectivity index (χ2n) is 3.23. The van der Waals surface area contributed by atoms with E-state index in [1.165, 1.54) is 12.1 Å². The maximum Gasteiger partial charge on any atom is 0.422 e. The van der Waals surface area contributed by atoms with Gasteiger partial charge in [-0.25, -0.2) is 9.52 Å². The lowest BCUT2D eigenvalue weighted by atomic mass is 10.2. The SMILES string of the molecule is CCOC(=O)NS(=O)(=O)Nc1cc(Br)ccc1C#N. The van der Waals surface area contributed by atoms with Crippen LogP contribution in [-0.2, 0) is 14.9 Å². The molecule has 0 aliphatic carbocycles. The number of nitrogens with zero attached hydrogens (tertiary/aromatic N) is 1. The molecule has 2 N–H and O–H groups in total. The first kappa shape index (κ1) is 15.3. The van der Waals surface area contributed by atoms with Crippen LogP contribution >= 0.6 is 15.9 Å². The number of hydrogen-bond acceptors (Lipinski definition) is 5. The van der Waals surface area contributed by atoms with E-state index in [4.69, 9.17) is 5.26 Å². The number of nitrogens with one attached hydrogen (secondary N) is 2.